The van der Waals surface area contributed by atoms with Crippen LogP contribution in [0.5, 0.6) is 0 Å². The Hall–Kier alpha value is -7.21. The zero-order valence-corrected chi connectivity index (χ0v) is 30.8. The van der Waals surface area contributed by atoms with Crippen LogP contribution in [0.2, 0.25) is 0 Å². The SMILES string of the molecule is c1ccc(-c2cccc(N(c3ccc4c(c3)oc3cccc(-c5nc6c(ccc7ccccc76)o5)c34)c3ccc4sc5ccc6ccccc6c5c4c3)c2)cc1. The highest BCUT2D eigenvalue weighted by Crippen LogP contribution is 2.45. The summed E-state index contributed by atoms with van der Waals surface area (Å²) in [6.45, 7) is 0. The molecule has 3 heterocycles. The third-order valence-electron chi connectivity index (χ3n) is 11.1. The fourth-order valence-corrected chi connectivity index (χ4v) is 9.59. The van der Waals surface area contributed by atoms with E-state index < -0.39 is 0 Å². The van der Waals surface area contributed by atoms with Gasteiger partial charge < -0.3 is 13.7 Å². The van der Waals surface area contributed by atoms with Crippen molar-refractivity contribution in [3.63, 3.8) is 0 Å². The molecule has 0 aliphatic heterocycles. The van der Waals surface area contributed by atoms with Gasteiger partial charge in [0, 0.05) is 65.0 Å². The first-order valence-electron chi connectivity index (χ1n) is 18.8. The number of nitrogens with zero attached hydrogens (tertiary/aromatic N) is 2. The molecule has 5 heteroatoms. The largest absolute Gasteiger partial charge is 0.456 e. The van der Waals surface area contributed by atoms with Gasteiger partial charge in [-0.15, -0.1) is 11.3 Å². The lowest BCUT2D eigenvalue weighted by molar-refractivity contribution is 0.620. The molecule has 12 aromatic rings. The Morgan fingerprint density at radius 3 is 2.04 bits per heavy atom. The van der Waals surface area contributed by atoms with E-state index in [9.17, 15) is 0 Å². The fourth-order valence-electron chi connectivity index (χ4n) is 8.48. The first-order valence-corrected chi connectivity index (χ1v) is 19.6. The lowest BCUT2D eigenvalue weighted by atomic mass is 10.0. The van der Waals surface area contributed by atoms with Crippen molar-refractivity contribution in [3.8, 4) is 22.6 Å². The van der Waals surface area contributed by atoms with Crippen molar-refractivity contribution < 1.29 is 8.83 Å². The molecule has 262 valence electrons. The normalized spacial score (nSPS) is 11.9. The molecule has 0 saturated carbocycles. The average molecular weight is 735 g/mol. The van der Waals surface area contributed by atoms with Crippen LogP contribution in [-0.2, 0) is 0 Å². The maximum atomic E-state index is 6.68. The molecule has 0 bridgehead atoms. The van der Waals surface area contributed by atoms with Crippen molar-refractivity contribution in [2.45, 2.75) is 0 Å². The number of benzene rings is 9. The Balaban J connectivity index is 1.06. The molecule has 0 aliphatic rings. The molecule has 12 rings (SSSR count). The molecule has 0 fully saturated rings. The van der Waals surface area contributed by atoms with Gasteiger partial charge >= 0.3 is 0 Å². The van der Waals surface area contributed by atoms with Crippen LogP contribution < -0.4 is 4.90 Å². The van der Waals surface area contributed by atoms with Crippen LogP contribution in [0.15, 0.2) is 191 Å². The van der Waals surface area contributed by atoms with Gasteiger partial charge in [-0.2, -0.15) is 0 Å². The average Bonchev–Trinajstić information content (AvgIpc) is 3.98. The second kappa shape index (κ2) is 12.2. The van der Waals surface area contributed by atoms with E-state index in [0.29, 0.717) is 5.89 Å². The van der Waals surface area contributed by atoms with Gasteiger partial charge in [0.2, 0.25) is 5.89 Å². The monoisotopic (exact) mass is 734 g/mol. The Labute approximate surface area is 325 Å². The molecular weight excluding hydrogens is 705 g/mol. The molecule has 3 aromatic heterocycles. The molecule has 4 nitrogen and oxygen atoms in total. The van der Waals surface area contributed by atoms with Crippen molar-refractivity contribution in [3.05, 3.63) is 182 Å². The highest BCUT2D eigenvalue weighted by Gasteiger charge is 2.21. The van der Waals surface area contributed by atoms with Gasteiger partial charge in [-0.3, -0.25) is 0 Å². The number of thiophene rings is 1. The number of rotatable bonds is 5. The lowest BCUT2D eigenvalue weighted by Crippen LogP contribution is -2.09. The first-order chi connectivity index (χ1) is 27.7. The van der Waals surface area contributed by atoms with Crippen LogP contribution >= 0.6 is 11.3 Å². The Morgan fingerprint density at radius 1 is 0.411 bits per heavy atom. The van der Waals surface area contributed by atoms with Gasteiger partial charge in [0.05, 0.1) is 0 Å². The van der Waals surface area contributed by atoms with Gasteiger partial charge in [0.25, 0.3) is 0 Å². The van der Waals surface area contributed by atoms with Crippen LogP contribution in [0, 0.1) is 0 Å². The molecule has 9 aromatic carbocycles. The number of anilines is 3. The molecule has 0 radical (unpaired) electrons. The number of aromatic nitrogens is 1. The fraction of sp³-hybridized carbons (Fsp3) is 0. The van der Waals surface area contributed by atoms with Crippen LogP contribution in [0.1, 0.15) is 0 Å². The summed E-state index contributed by atoms with van der Waals surface area (Å²) in [5.41, 5.74) is 9.58. The molecule has 0 amide bonds. The minimum Gasteiger partial charge on any atom is -0.456 e. The van der Waals surface area contributed by atoms with Gasteiger partial charge in [0.15, 0.2) is 5.58 Å². The molecule has 0 unspecified atom stereocenters. The maximum absolute atomic E-state index is 6.68. The smallest absolute Gasteiger partial charge is 0.228 e. The highest BCUT2D eigenvalue weighted by molar-refractivity contribution is 7.26. The van der Waals surface area contributed by atoms with E-state index in [1.165, 1.54) is 36.5 Å². The lowest BCUT2D eigenvalue weighted by Gasteiger charge is -2.26. The summed E-state index contributed by atoms with van der Waals surface area (Å²) in [5.74, 6) is 0.580. The Kier molecular flexibility index (Phi) is 6.76. The molecule has 0 spiro atoms. The summed E-state index contributed by atoms with van der Waals surface area (Å²) < 4.78 is 15.7. The standard InChI is InChI=1S/C51H30N2O2S/c1-2-10-31(11-3-1)34-14-8-15-35(28-34)53(36-23-27-46-42(29-36)49-38-16-6-4-12-32(38)21-26-47(49)56-46)37-22-24-40-45(30-37)54-43-19-9-18-41(48(40)43)51-52-50-39-17-7-5-13-33(39)20-25-44(50)55-51/h1-30H. The predicted octanol–water partition coefficient (Wildman–Crippen LogP) is 15.2. The minimum absolute atomic E-state index is 0.580. The van der Waals surface area contributed by atoms with E-state index in [1.807, 2.05) is 41.7 Å². The summed E-state index contributed by atoms with van der Waals surface area (Å²) in [5, 5.41) is 9.29. The van der Waals surface area contributed by atoms with E-state index in [0.717, 1.165) is 72.0 Å². The second-order valence-corrected chi connectivity index (χ2v) is 15.4. The van der Waals surface area contributed by atoms with Crippen molar-refractivity contribution in [2.75, 3.05) is 4.90 Å². The molecule has 0 N–H and O–H groups in total. The first kappa shape index (κ1) is 31.2. The second-order valence-electron chi connectivity index (χ2n) is 14.3. The van der Waals surface area contributed by atoms with Gasteiger partial charge in [-0.05, 0) is 94.0 Å². The van der Waals surface area contributed by atoms with Gasteiger partial charge in [-0.1, -0.05) is 109 Å². The molecule has 0 saturated heterocycles. The quantitative estimate of drug-likeness (QED) is 0.177. The van der Waals surface area contributed by atoms with Crippen molar-refractivity contribution >= 4 is 103 Å². The summed E-state index contributed by atoms with van der Waals surface area (Å²) in [4.78, 5) is 7.40. The summed E-state index contributed by atoms with van der Waals surface area (Å²) in [7, 11) is 0. The zero-order chi connectivity index (χ0) is 36.7. The number of hydrogen-bond acceptors (Lipinski definition) is 5. The van der Waals surface area contributed by atoms with Gasteiger partial charge in [-0.25, -0.2) is 4.98 Å². The van der Waals surface area contributed by atoms with E-state index in [1.54, 1.807) is 0 Å². The van der Waals surface area contributed by atoms with Crippen molar-refractivity contribution in [1.82, 2.24) is 4.98 Å². The van der Waals surface area contributed by atoms with E-state index >= 15 is 0 Å². The Morgan fingerprint density at radius 2 is 1.12 bits per heavy atom. The van der Waals surface area contributed by atoms with E-state index in [-0.39, 0.29) is 0 Å². The Bertz CT molecular complexity index is 3500. The summed E-state index contributed by atoms with van der Waals surface area (Å²) in [6.07, 6.45) is 0. The maximum Gasteiger partial charge on any atom is 0.228 e. The third-order valence-corrected chi connectivity index (χ3v) is 12.2. The molecular formula is C51H30N2O2S. The minimum atomic E-state index is 0.580. The van der Waals surface area contributed by atoms with Crippen LogP contribution in [-0.4, -0.2) is 4.98 Å². The zero-order valence-electron chi connectivity index (χ0n) is 29.9. The number of hydrogen-bond donors (Lipinski definition) is 0. The number of furan rings is 1. The highest BCUT2D eigenvalue weighted by atomic mass is 32.1. The number of fused-ring (bicyclic) bond motifs is 11. The molecule has 0 aliphatic carbocycles. The van der Waals surface area contributed by atoms with Crippen LogP contribution in [0.4, 0.5) is 17.1 Å². The topological polar surface area (TPSA) is 42.4 Å². The van der Waals surface area contributed by atoms with Crippen molar-refractivity contribution in [2.24, 2.45) is 0 Å². The van der Waals surface area contributed by atoms with E-state index in [2.05, 4.69) is 157 Å². The summed E-state index contributed by atoms with van der Waals surface area (Å²) >= 11 is 1.85. The van der Waals surface area contributed by atoms with Gasteiger partial charge in [0.1, 0.15) is 16.7 Å². The molecule has 56 heavy (non-hydrogen) atoms. The number of oxazole rings is 1. The third kappa shape index (κ3) is 4.81. The summed E-state index contributed by atoms with van der Waals surface area (Å²) in [6, 6.07) is 64.5. The van der Waals surface area contributed by atoms with Crippen LogP contribution in [0.3, 0.4) is 0 Å². The molecule has 0 atom stereocenters. The van der Waals surface area contributed by atoms with E-state index in [4.69, 9.17) is 13.8 Å². The van der Waals surface area contributed by atoms with Crippen molar-refractivity contribution in [1.29, 1.82) is 0 Å². The van der Waals surface area contributed by atoms with Crippen LogP contribution in [0.25, 0.3) is 97.3 Å². The predicted molar refractivity (Wildman–Crippen MR) is 235 cm³/mol.